The van der Waals surface area contributed by atoms with Gasteiger partial charge < -0.3 is 24.5 Å². The fourth-order valence-corrected chi connectivity index (χ4v) is 1.84. The zero-order valence-corrected chi connectivity index (χ0v) is 12.0. The van der Waals surface area contributed by atoms with E-state index in [0.717, 1.165) is 0 Å². The number of rotatable bonds is 6. The molecule has 2 N–H and O–H groups in total. The number of ether oxygens (including phenoxy) is 2. The molecule has 1 aromatic heterocycles. The van der Waals surface area contributed by atoms with E-state index in [0.29, 0.717) is 23.7 Å². The number of hydrogen-bond donors (Lipinski definition) is 2. The second-order valence-electron chi connectivity index (χ2n) is 4.31. The van der Waals surface area contributed by atoms with Gasteiger partial charge in [-0.2, -0.15) is 0 Å². The molecular formula is C15H18N2O4. The highest BCUT2D eigenvalue weighted by molar-refractivity contribution is 5.89. The van der Waals surface area contributed by atoms with Gasteiger partial charge >= 0.3 is 6.03 Å². The smallest absolute Gasteiger partial charge is 0.319 e. The molecule has 6 heteroatoms. The van der Waals surface area contributed by atoms with Crippen LogP contribution >= 0.6 is 0 Å². The first-order valence-corrected chi connectivity index (χ1v) is 6.48. The summed E-state index contributed by atoms with van der Waals surface area (Å²) in [5, 5.41) is 5.46. The van der Waals surface area contributed by atoms with Crippen LogP contribution in [0.5, 0.6) is 5.75 Å². The Hall–Kier alpha value is -2.47. The molecule has 0 spiro atoms. The van der Waals surface area contributed by atoms with Crippen molar-refractivity contribution >= 4 is 11.7 Å². The molecule has 0 fully saturated rings. The minimum Gasteiger partial charge on any atom is -0.497 e. The van der Waals surface area contributed by atoms with Crippen molar-refractivity contribution in [3.05, 3.63) is 48.4 Å². The summed E-state index contributed by atoms with van der Waals surface area (Å²) in [5.41, 5.74) is 0.652. The summed E-state index contributed by atoms with van der Waals surface area (Å²) in [7, 11) is 3.14. The van der Waals surface area contributed by atoms with E-state index in [4.69, 9.17) is 13.9 Å². The first kappa shape index (κ1) is 14.9. The number of urea groups is 1. The molecule has 0 saturated heterocycles. The molecule has 0 unspecified atom stereocenters. The van der Waals surface area contributed by atoms with Crippen LogP contribution in [-0.2, 0) is 4.74 Å². The van der Waals surface area contributed by atoms with Crippen molar-refractivity contribution in [2.24, 2.45) is 0 Å². The summed E-state index contributed by atoms with van der Waals surface area (Å²) < 4.78 is 15.6. The lowest BCUT2D eigenvalue weighted by Gasteiger charge is -2.14. The highest BCUT2D eigenvalue weighted by Gasteiger charge is 2.14. The topological polar surface area (TPSA) is 72.7 Å². The molecular weight excluding hydrogens is 272 g/mol. The molecule has 6 nitrogen and oxygen atoms in total. The maximum atomic E-state index is 11.9. The minimum absolute atomic E-state index is 0.305. The van der Waals surface area contributed by atoms with Crippen LogP contribution in [0.25, 0.3) is 0 Å². The van der Waals surface area contributed by atoms with Crippen molar-refractivity contribution in [2.45, 2.75) is 6.10 Å². The zero-order valence-electron chi connectivity index (χ0n) is 12.0. The van der Waals surface area contributed by atoms with E-state index in [1.807, 2.05) is 0 Å². The van der Waals surface area contributed by atoms with Gasteiger partial charge in [0.2, 0.25) is 0 Å². The SMILES string of the molecule is COc1cccc(NC(=O)NC[C@H](OC)c2ccco2)c1. The van der Waals surface area contributed by atoms with Crippen LogP contribution in [0.2, 0.25) is 0 Å². The summed E-state index contributed by atoms with van der Waals surface area (Å²) in [6.45, 7) is 0.305. The van der Waals surface area contributed by atoms with E-state index in [-0.39, 0.29) is 12.1 Å². The minimum atomic E-state index is -0.323. The van der Waals surface area contributed by atoms with Gasteiger partial charge in [0.05, 0.1) is 19.9 Å². The number of carbonyl (C=O) groups excluding carboxylic acids is 1. The van der Waals surface area contributed by atoms with Crippen molar-refractivity contribution in [3.8, 4) is 5.75 Å². The fourth-order valence-electron chi connectivity index (χ4n) is 1.84. The summed E-state index contributed by atoms with van der Waals surface area (Å²) in [5.74, 6) is 1.34. The van der Waals surface area contributed by atoms with Gasteiger partial charge in [-0.1, -0.05) is 6.07 Å². The van der Waals surface area contributed by atoms with Crippen LogP contribution in [0.1, 0.15) is 11.9 Å². The number of nitrogens with one attached hydrogen (secondary N) is 2. The van der Waals surface area contributed by atoms with Crippen LogP contribution in [-0.4, -0.2) is 26.8 Å². The molecule has 0 radical (unpaired) electrons. The van der Waals surface area contributed by atoms with Crippen LogP contribution in [0.4, 0.5) is 10.5 Å². The second-order valence-corrected chi connectivity index (χ2v) is 4.31. The Morgan fingerprint density at radius 3 is 2.81 bits per heavy atom. The molecule has 1 heterocycles. The molecule has 1 atom stereocenters. The lowest BCUT2D eigenvalue weighted by atomic mass is 10.2. The van der Waals surface area contributed by atoms with Crippen molar-refractivity contribution in [3.63, 3.8) is 0 Å². The van der Waals surface area contributed by atoms with E-state index >= 15 is 0 Å². The predicted octanol–water partition coefficient (Wildman–Crippen LogP) is 2.80. The van der Waals surface area contributed by atoms with Gasteiger partial charge in [-0.25, -0.2) is 4.79 Å². The van der Waals surface area contributed by atoms with Crippen LogP contribution in [0, 0.1) is 0 Å². The molecule has 112 valence electrons. The standard InChI is InChI=1S/C15H18N2O4/c1-19-12-6-3-5-11(9-12)17-15(18)16-10-14(20-2)13-7-4-8-21-13/h3-9,14H,10H2,1-2H3,(H2,16,17,18)/t14-/m0/s1. The predicted molar refractivity (Wildman–Crippen MR) is 78.5 cm³/mol. The number of benzene rings is 1. The van der Waals surface area contributed by atoms with Crippen LogP contribution in [0.15, 0.2) is 47.1 Å². The number of anilines is 1. The zero-order chi connectivity index (χ0) is 15.1. The van der Waals surface area contributed by atoms with Crippen molar-refractivity contribution in [1.29, 1.82) is 0 Å². The van der Waals surface area contributed by atoms with Gasteiger partial charge in [-0.15, -0.1) is 0 Å². The number of hydrogen-bond acceptors (Lipinski definition) is 4. The molecule has 0 bridgehead atoms. The van der Waals surface area contributed by atoms with Gasteiger partial charge in [-0.05, 0) is 24.3 Å². The number of methoxy groups -OCH3 is 2. The van der Waals surface area contributed by atoms with Gasteiger partial charge in [0.15, 0.2) is 0 Å². The average Bonchev–Trinajstić information content (AvgIpc) is 3.02. The molecule has 2 rings (SSSR count). The molecule has 0 aliphatic carbocycles. The van der Waals surface area contributed by atoms with Crippen molar-refractivity contribution < 1.29 is 18.7 Å². The second kappa shape index (κ2) is 7.35. The third kappa shape index (κ3) is 4.25. The Balaban J connectivity index is 1.86. The van der Waals surface area contributed by atoms with Crippen molar-refractivity contribution in [1.82, 2.24) is 5.32 Å². The average molecular weight is 290 g/mol. The Kier molecular flexibility index (Phi) is 5.22. The third-order valence-corrected chi connectivity index (χ3v) is 2.92. The normalized spacial score (nSPS) is 11.7. The Bertz CT molecular complexity index is 569. The van der Waals surface area contributed by atoms with Crippen molar-refractivity contribution in [2.75, 3.05) is 26.1 Å². The van der Waals surface area contributed by atoms with E-state index in [9.17, 15) is 4.79 Å². The summed E-state index contributed by atoms with van der Waals surface area (Å²) in [6.07, 6.45) is 1.24. The number of furan rings is 1. The Morgan fingerprint density at radius 1 is 1.29 bits per heavy atom. The van der Waals surface area contributed by atoms with E-state index < -0.39 is 0 Å². The highest BCUT2D eigenvalue weighted by Crippen LogP contribution is 2.17. The lowest BCUT2D eigenvalue weighted by molar-refractivity contribution is 0.0855. The molecule has 1 aromatic carbocycles. The quantitative estimate of drug-likeness (QED) is 0.858. The van der Waals surface area contributed by atoms with E-state index in [1.54, 1.807) is 56.9 Å². The van der Waals surface area contributed by atoms with Crippen LogP contribution in [0.3, 0.4) is 0 Å². The van der Waals surface area contributed by atoms with E-state index in [1.165, 1.54) is 0 Å². The molecule has 0 aliphatic heterocycles. The molecule has 0 saturated carbocycles. The molecule has 0 aliphatic rings. The Labute approximate surface area is 123 Å². The van der Waals surface area contributed by atoms with Gasteiger partial charge in [0.1, 0.15) is 17.6 Å². The number of carbonyl (C=O) groups is 1. The van der Waals surface area contributed by atoms with E-state index in [2.05, 4.69) is 10.6 Å². The number of amides is 2. The largest absolute Gasteiger partial charge is 0.497 e. The lowest BCUT2D eigenvalue weighted by Crippen LogP contribution is -2.32. The fraction of sp³-hybridized carbons (Fsp3) is 0.267. The molecule has 2 aromatic rings. The monoisotopic (exact) mass is 290 g/mol. The van der Waals surface area contributed by atoms with Crippen LogP contribution < -0.4 is 15.4 Å². The van der Waals surface area contributed by atoms with Gasteiger partial charge in [0.25, 0.3) is 0 Å². The molecule has 21 heavy (non-hydrogen) atoms. The third-order valence-electron chi connectivity index (χ3n) is 2.92. The first-order valence-electron chi connectivity index (χ1n) is 6.48. The summed E-state index contributed by atoms with van der Waals surface area (Å²) in [4.78, 5) is 11.9. The summed E-state index contributed by atoms with van der Waals surface area (Å²) >= 11 is 0. The highest BCUT2D eigenvalue weighted by atomic mass is 16.5. The van der Waals surface area contributed by atoms with Gasteiger partial charge in [-0.3, -0.25) is 0 Å². The Morgan fingerprint density at radius 2 is 2.14 bits per heavy atom. The first-order chi connectivity index (χ1) is 10.2. The maximum Gasteiger partial charge on any atom is 0.319 e. The van der Waals surface area contributed by atoms with Gasteiger partial charge in [0, 0.05) is 18.9 Å². The molecule has 2 amide bonds. The summed E-state index contributed by atoms with van der Waals surface area (Å²) in [6, 6.07) is 10.4. The maximum absolute atomic E-state index is 11.9.